The molecule has 1 aliphatic heterocycles. The highest BCUT2D eigenvalue weighted by Gasteiger charge is 2.32. The van der Waals surface area contributed by atoms with E-state index in [0.29, 0.717) is 0 Å². The van der Waals surface area contributed by atoms with Crippen LogP contribution in [0.4, 0.5) is 10.1 Å². The molecule has 0 bridgehead atoms. The molecular weight excluding hydrogens is 267 g/mol. The summed E-state index contributed by atoms with van der Waals surface area (Å²) in [5.41, 5.74) is -1.05. The van der Waals surface area contributed by atoms with Gasteiger partial charge in [0.05, 0.1) is 24.2 Å². The Bertz CT molecular complexity index is 585. The van der Waals surface area contributed by atoms with E-state index in [-0.39, 0.29) is 13.2 Å². The molecule has 18 heavy (non-hydrogen) atoms. The van der Waals surface area contributed by atoms with Gasteiger partial charge in [0.2, 0.25) is 15.8 Å². The first kappa shape index (κ1) is 12.9. The van der Waals surface area contributed by atoms with Crippen molar-refractivity contribution in [1.29, 1.82) is 0 Å². The van der Waals surface area contributed by atoms with Crippen LogP contribution in [-0.4, -0.2) is 32.6 Å². The zero-order valence-electron chi connectivity index (χ0n) is 9.00. The lowest BCUT2D eigenvalue weighted by Gasteiger charge is -2.26. The first-order valence-electron chi connectivity index (χ1n) is 4.95. The second-order valence-electron chi connectivity index (χ2n) is 3.70. The number of hydrogen-bond donors (Lipinski definition) is 1. The second-order valence-corrected chi connectivity index (χ2v) is 5.38. The van der Waals surface area contributed by atoms with Crippen LogP contribution in [0.2, 0.25) is 0 Å². The predicted octanol–water partition coefficient (Wildman–Crippen LogP) is 0.411. The van der Waals surface area contributed by atoms with Crippen LogP contribution in [0, 0.1) is 15.9 Å². The van der Waals surface area contributed by atoms with E-state index in [2.05, 4.69) is 4.72 Å². The molecule has 0 aromatic heterocycles. The summed E-state index contributed by atoms with van der Waals surface area (Å²) in [4.78, 5) is 8.97. The fourth-order valence-corrected chi connectivity index (χ4v) is 2.86. The van der Waals surface area contributed by atoms with E-state index in [4.69, 9.17) is 4.74 Å². The van der Waals surface area contributed by atoms with Crippen molar-refractivity contribution in [3.05, 3.63) is 34.1 Å². The minimum Gasteiger partial charge on any atom is -0.378 e. The number of rotatable bonds is 4. The van der Waals surface area contributed by atoms with Gasteiger partial charge in [-0.15, -0.1) is 0 Å². The summed E-state index contributed by atoms with van der Waals surface area (Å²) < 4.78 is 44.0. The Balaban J connectivity index is 2.43. The molecule has 1 aromatic rings. The molecule has 0 spiro atoms. The summed E-state index contributed by atoms with van der Waals surface area (Å²) in [7, 11) is -4.13. The third-order valence-electron chi connectivity index (χ3n) is 2.38. The minimum absolute atomic E-state index is 0.197. The summed E-state index contributed by atoms with van der Waals surface area (Å²) in [5.74, 6) is -1.19. The van der Waals surface area contributed by atoms with Crippen molar-refractivity contribution in [3.63, 3.8) is 0 Å². The van der Waals surface area contributed by atoms with E-state index in [1.165, 1.54) is 0 Å². The second kappa shape index (κ2) is 4.59. The lowest BCUT2D eigenvalue weighted by molar-refractivity contribution is -0.390. The van der Waals surface area contributed by atoms with Crippen LogP contribution < -0.4 is 4.72 Å². The monoisotopic (exact) mass is 276 g/mol. The van der Waals surface area contributed by atoms with Crippen LogP contribution >= 0.6 is 0 Å². The van der Waals surface area contributed by atoms with Gasteiger partial charge in [-0.3, -0.25) is 10.1 Å². The average Bonchev–Trinajstić information content (AvgIpc) is 2.23. The van der Waals surface area contributed by atoms with Crippen molar-refractivity contribution < 1.29 is 22.5 Å². The zero-order chi connectivity index (χ0) is 13.3. The average molecular weight is 276 g/mol. The van der Waals surface area contributed by atoms with Gasteiger partial charge in [-0.1, -0.05) is 6.07 Å². The number of ether oxygens (including phenoxy) is 1. The van der Waals surface area contributed by atoms with E-state index in [1.807, 2.05) is 0 Å². The Morgan fingerprint density at radius 2 is 2.11 bits per heavy atom. The molecule has 0 aliphatic carbocycles. The molecule has 9 heteroatoms. The molecule has 98 valence electrons. The summed E-state index contributed by atoms with van der Waals surface area (Å²) >= 11 is 0. The van der Waals surface area contributed by atoms with Gasteiger partial charge >= 0.3 is 5.69 Å². The van der Waals surface area contributed by atoms with Gasteiger partial charge in [0.15, 0.2) is 4.90 Å². The number of nitrogens with zero attached hydrogens (tertiary/aromatic N) is 1. The number of nitro groups is 1. The summed E-state index contributed by atoms with van der Waals surface area (Å²) in [6.45, 7) is 0.394. The van der Waals surface area contributed by atoms with E-state index in [1.54, 1.807) is 0 Å². The Hall–Kier alpha value is -1.58. The fraction of sp³-hybridized carbons (Fsp3) is 0.333. The maximum absolute atomic E-state index is 13.3. The first-order valence-corrected chi connectivity index (χ1v) is 6.43. The Kier molecular flexibility index (Phi) is 3.28. The van der Waals surface area contributed by atoms with Crippen molar-refractivity contribution in [2.45, 2.75) is 10.9 Å². The molecular formula is C9H9FN2O5S. The maximum Gasteiger partial charge on any atom is 0.324 e. The molecule has 0 amide bonds. The number of para-hydroxylation sites is 1. The quantitative estimate of drug-likeness (QED) is 0.634. The largest absolute Gasteiger partial charge is 0.378 e. The standard InChI is InChI=1S/C9H9FN2O5S/c10-7-2-1-3-8(9(7)12(13)14)18(15,16)11-6-4-17-5-6/h1-3,6,11H,4-5H2. The number of sulfonamides is 1. The highest BCUT2D eigenvalue weighted by Crippen LogP contribution is 2.26. The molecule has 1 fully saturated rings. The molecule has 0 radical (unpaired) electrons. The van der Waals surface area contributed by atoms with Gasteiger partial charge < -0.3 is 4.74 Å². The van der Waals surface area contributed by atoms with E-state index >= 15 is 0 Å². The Morgan fingerprint density at radius 3 is 2.61 bits per heavy atom. The normalized spacial score (nSPS) is 16.3. The van der Waals surface area contributed by atoms with E-state index in [0.717, 1.165) is 18.2 Å². The topological polar surface area (TPSA) is 98.5 Å². The maximum atomic E-state index is 13.3. The molecule has 1 heterocycles. The summed E-state index contributed by atoms with van der Waals surface area (Å²) in [6, 6.07) is 2.50. The minimum atomic E-state index is -4.13. The zero-order valence-corrected chi connectivity index (χ0v) is 9.81. The molecule has 0 atom stereocenters. The molecule has 2 rings (SSSR count). The van der Waals surface area contributed by atoms with Crippen molar-refractivity contribution in [2.24, 2.45) is 0 Å². The Labute approximate surface area is 102 Å². The van der Waals surface area contributed by atoms with E-state index in [9.17, 15) is 22.9 Å². The number of nitro benzene ring substituents is 1. The van der Waals surface area contributed by atoms with Crippen molar-refractivity contribution in [3.8, 4) is 0 Å². The SMILES string of the molecule is O=[N+]([O-])c1c(F)cccc1S(=O)(=O)NC1COC1. The number of benzene rings is 1. The third kappa shape index (κ3) is 2.33. The molecule has 1 aliphatic rings. The van der Waals surface area contributed by atoms with Gasteiger partial charge in [-0.05, 0) is 12.1 Å². The van der Waals surface area contributed by atoms with Crippen molar-refractivity contribution in [1.82, 2.24) is 4.72 Å². The summed E-state index contributed by atoms with van der Waals surface area (Å²) in [5, 5.41) is 10.7. The van der Waals surface area contributed by atoms with Crippen LogP contribution in [0.15, 0.2) is 23.1 Å². The third-order valence-corrected chi connectivity index (χ3v) is 3.93. The summed E-state index contributed by atoms with van der Waals surface area (Å²) in [6.07, 6.45) is 0. The highest BCUT2D eigenvalue weighted by molar-refractivity contribution is 7.89. The molecule has 7 nitrogen and oxygen atoms in total. The van der Waals surface area contributed by atoms with Gasteiger partial charge in [0, 0.05) is 0 Å². The molecule has 0 unspecified atom stereocenters. The van der Waals surface area contributed by atoms with Gasteiger partial charge in [-0.25, -0.2) is 13.1 Å². The van der Waals surface area contributed by atoms with Crippen LogP contribution in [-0.2, 0) is 14.8 Å². The van der Waals surface area contributed by atoms with Crippen molar-refractivity contribution >= 4 is 15.7 Å². The van der Waals surface area contributed by atoms with Crippen LogP contribution in [0.5, 0.6) is 0 Å². The molecule has 1 saturated heterocycles. The first-order chi connectivity index (χ1) is 8.42. The molecule has 1 N–H and O–H groups in total. The molecule has 1 aromatic carbocycles. The highest BCUT2D eigenvalue weighted by atomic mass is 32.2. The predicted molar refractivity (Wildman–Crippen MR) is 58.0 cm³/mol. The number of halogens is 1. The van der Waals surface area contributed by atoms with Gasteiger partial charge in [0.1, 0.15) is 0 Å². The number of nitrogens with one attached hydrogen (secondary N) is 1. The smallest absolute Gasteiger partial charge is 0.324 e. The lowest BCUT2D eigenvalue weighted by Crippen LogP contribution is -2.48. The lowest BCUT2D eigenvalue weighted by atomic mass is 10.3. The van der Waals surface area contributed by atoms with E-state index < -0.39 is 37.4 Å². The number of hydrogen-bond acceptors (Lipinski definition) is 5. The van der Waals surface area contributed by atoms with Crippen LogP contribution in [0.1, 0.15) is 0 Å². The molecule has 0 saturated carbocycles. The van der Waals surface area contributed by atoms with Crippen LogP contribution in [0.25, 0.3) is 0 Å². The Morgan fingerprint density at radius 1 is 1.44 bits per heavy atom. The van der Waals surface area contributed by atoms with Crippen LogP contribution in [0.3, 0.4) is 0 Å². The van der Waals surface area contributed by atoms with Crippen molar-refractivity contribution in [2.75, 3.05) is 13.2 Å². The van der Waals surface area contributed by atoms with Gasteiger partial charge in [-0.2, -0.15) is 4.39 Å². The fourth-order valence-electron chi connectivity index (χ4n) is 1.48. The van der Waals surface area contributed by atoms with Gasteiger partial charge in [0.25, 0.3) is 0 Å².